The van der Waals surface area contributed by atoms with Gasteiger partial charge in [0.1, 0.15) is 11.4 Å². The standard InChI is InChI=1S/C12H16N2O3S/c1-3-4-8-6-10(15)14-12(13-8)18-9-5-7(2)17-11(9)16/h6-7,9H,3-5H2,1-2H3,(H,13,14,15)/t7-,9-/m1/s1. The lowest BCUT2D eigenvalue weighted by Crippen LogP contribution is -2.14. The molecule has 1 fully saturated rings. The minimum Gasteiger partial charge on any atom is -0.462 e. The molecule has 98 valence electrons. The second kappa shape index (κ2) is 5.56. The number of H-pyrrole nitrogens is 1. The number of carbonyl (C=O) groups is 1. The molecule has 2 atom stereocenters. The van der Waals surface area contributed by atoms with Crippen molar-refractivity contribution in [2.75, 3.05) is 0 Å². The van der Waals surface area contributed by atoms with Crippen LogP contribution >= 0.6 is 11.8 Å². The van der Waals surface area contributed by atoms with Crippen molar-refractivity contribution >= 4 is 17.7 Å². The number of nitrogens with one attached hydrogen (secondary N) is 1. The largest absolute Gasteiger partial charge is 0.462 e. The van der Waals surface area contributed by atoms with Gasteiger partial charge < -0.3 is 9.72 Å². The number of hydrogen-bond donors (Lipinski definition) is 1. The summed E-state index contributed by atoms with van der Waals surface area (Å²) in [7, 11) is 0. The van der Waals surface area contributed by atoms with Gasteiger partial charge in [-0.15, -0.1) is 0 Å². The number of thioether (sulfide) groups is 1. The van der Waals surface area contributed by atoms with Crippen LogP contribution in [-0.4, -0.2) is 27.3 Å². The highest BCUT2D eigenvalue weighted by Crippen LogP contribution is 2.29. The number of aromatic nitrogens is 2. The summed E-state index contributed by atoms with van der Waals surface area (Å²) in [6.07, 6.45) is 2.30. The molecule has 1 aromatic heterocycles. The Morgan fingerprint density at radius 3 is 2.94 bits per heavy atom. The number of rotatable bonds is 4. The molecule has 0 spiro atoms. The molecule has 1 aromatic rings. The summed E-state index contributed by atoms with van der Waals surface area (Å²) in [5.74, 6) is -0.226. The maximum absolute atomic E-state index is 11.5. The molecule has 1 N–H and O–H groups in total. The van der Waals surface area contributed by atoms with Crippen molar-refractivity contribution in [3.8, 4) is 0 Å². The third-order valence-electron chi connectivity index (χ3n) is 2.66. The van der Waals surface area contributed by atoms with Gasteiger partial charge in [0.15, 0.2) is 5.16 Å². The van der Waals surface area contributed by atoms with E-state index in [0.29, 0.717) is 11.6 Å². The molecule has 6 heteroatoms. The normalized spacial score (nSPS) is 23.1. The van der Waals surface area contributed by atoms with Crippen LogP contribution in [0, 0.1) is 0 Å². The number of nitrogens with zero attached hydrogens (tertiary/aromatic N) is 1. The molecule has 0 saturated carbocycles. The first-order valence-corrected chi connectivity index (χ1v) is 6.94. The third-order valence-corrected chi connectivity index (χ3v) is 3.75. The lowest BCUT2D eigenvalue weighted by Gasteiger charge is -2.05. The molecular weight excluding hydrogens is 252 g/mol. The average molecular weight is 268 g/mol. The highest BCUT2D eigenvalue weighted by molar-refractivity contribution is 8.00. The van der Waals surface area contributed by atoms with Crippen LogP contribution in [0.15, 0.2) is 16.0 Å². The number of esters is 1. The zero-order chi connectivity index (χ0) is 13.1. The number of aryl methyl sites for hydroxylation is 1. The van der Waals surface area contributed by atoms with E-state index < -0.39 is 0 Å². The van der Waals surface area contributed by atoms with Crippen LogP contribution in [0.4, 0.5) is 0 Å². The Kier molecular flexibility index (Phi) is 4.06. The van der Waals surface area contributed by atoms with Crippen molar-refractivity contribution in [2.24, 2.45) is 0 Å². The van der Waals surface area contributed by atoms with Gasteiger partial charge >= 0.3 is 5.97 Å². The van der Waals surface area contributed by atoms with Gasteiger partial charge in [-0.05, 0) is 13.3 Å². The van der Waals surface area contributed by atoms with Crippen LogP contribution in [0.3, 0.4) is 0 Å². The molecule has 2 rings (SSSR count). The Morgan fingerprint density at radius 2 is 2.33 bits per heavy atom. The second-order valence-corrected chi connectivity index (χ2v) is 5.57. The Bertz CT molecular complexity index is 500. The summed E-state index contributed by atoms with van der Waals surface area (Å²) in [4.78, 5) is 30.0. The van der Waals surface area contributed by atoms with Crippen LogP contribution in [0.1, 0.15) is 32.4 Å². The molecule has 18 heavy (non-hydrogen) atoms. The zero-order valence-corrected chi connectivity index (χ0v) is 11.3. The monoisotopic (exact) mass is 268 g/mol. The third kappa shape index (κ3) is 3.13. The van der Waals surface area contributed by atoms with Crippen LogP contribution in [0.5, 0.6) is 0 Å². The van der Waals surface area contributed by atoms with E-state index in [0.717, 1.165) is 18.5 Å². The van der Waals surface area contributed by atoms with Gasteiger partial charge in [-0.3, -0.25) is 9.59 Å². The molecule has 0 amide bonds. The Labute approximate surface area is 109 Å². The highest BCUT2D eigenvalue weighted by atomic mass is 32.2. The van der Waals surface area contributed by atoms with Gasteiger partial charge in [0.05, 0.1) is 0 Å². The van der Waals surface area contributed by atoms with E-state index in [1.165, 1.54) is 17.8 Å². The van der Waals surface area contributed by atoms with Crippen molar-refractivity contribution in [3.05, 3.63) is 22.1 Å². The Morgan fingerprint density at radius 1 is 1.56 bits per heavy atom. The van der Waals surface area contributed by atoms with E-state index in [-0.39, 0.29) is 22.9 Å². The van der Waals surface area contributed by atoms with Gasteiger partial charge in [-0.1, -0.05) is 25.1 Å². The minimum atomic E-state index is -0.264. The molecule has 5 nitrogen and oxygen atoms in total. The van der Waals surface area contributed by atoms with Crippen molar-refractivity contribution in [2.45, 2.75) is 49.6 Å². The molecule has 0 radical (unpaired) electrons. The van der Waals surface area contributed by atoms with Crippen molar-refractivity contribution in [1.82, 2.24) is 9.97 Å². The number of carbonyl (C=O) groups excluding carboxylic acids is 1. The van der Waals surface area contributed by atoms with Crippen LogP contribution in [0.2, 0.25) is 0 Å². The molecule has 0 aromatic carbocycles. The lowest BCUT2D eigenvalue weighted by molar-refractivity contribution is -0.140. The molecule has 1 aliphatic rings. The predicted molar refractivity (Wildman–Crippen MR) is 68.7 cm³/mol. The Hall–Kier alpha value is -1.30. The predicted octanol–water partition coefficient (Wildman–Crippen LogP) is 1.52. The molecule has 0 bridgehead atoms. The topological polar surface area (TPSA) is 72.1 Å². The lowest BCUT2D eigenvalue weighted by atomic mass is 10.2. The number of hydrogen-bond acceptors (Lipinski definition) is 5. The zero-order valence-electron chi connectivity index (χ0n) is 10.4. The van der Waals surface area contributed by atoms with E-state index in [4.69, 9.17) is 4.74 Å². The van der Waals surface area contributed by atoms with Crippen LogP contribution in [-0.2, 0) is 16.0 Å². The van der Waals surface area contributed by atoms with E-state index in [1.807, 2.05) is 13.8 Å². The van der Waals surface area contributed by atoms with Crippen molar-refractivity contribution < 1.29 is 9.53 Å². The molecular formula is C12H16N2O3S. The smallest absolute Gasteiger partial charge is 0.319 e. The van der Waals surface area contributed by atoms with Gasteiger partial charge in [0.2, 0.25) is 0 Å². The number of cyclic esters (lactones) is 1. The molecule has 1 aliphatic heterocycles. The molecule has 2 heterocycles. The van der Waals surface area contributed by atoms with Crippen molar-refractivity contribution in [1.29, 1.82) is 0 Å². The average Bonchev–Trinajstić information content (AvgIpc) is 2.57. The molecule has 0 aliphatic carbocycles. The van der Waals surface area contributed by atoms with Crippen LogP contribution < -0.4 is 5.56 Å². The van der Waals surface area contributed by atoms with E-state index in [9.17, 15) is 9.59 Å². The van der Waals surface area contributed by atoms with Gasteiger partial charge in [0, 0.05) is 18.2 Å². The Balaban J connectivity index is 2.13. The number of aromatic amines is 1. The van der Waals surface area contributed by atoms with E-state index in [1.54, 1.807) is 0 Å². The summed E-state index contributed by atoms with van der Waals surface area (Å²) >= 11 is 1.28. The van der Waals surface area contributed by atoms with Gasteiger partial charge in [-0.25, -0.2) is 4.98 Å². The minimum absolute atomic E-state index is 0.0550. The van der Waals surface area contributed by atoms with E-state index in [2.05, 4.69) is 9.97 Å². The fourth-order valence-electron chi connectivity index (χ4n) is 1.87. The first kappa shape index (κ1) is 13.1. The fourth-order valence-corrected chi connectivity index (χ4v) is 2.99. The summed E-state index contributed by atoms with van der Waals surface area (Å²) in [6.45, 7) is 3.90. The number of ether oxygens (including phenoxy) is 1. The SMILES string of the molecule is CCCc1cc(=O)[nH]c(S[C@@H]2C[C@@H](C)OC2=O)n1. The summed E-state index contributed by atoms with van der Waals surface area (Å²) in [6, 6.07) is 1.50. The van der Waals surface area contributed by atoms with Crippen LogP contribution in [0.25, 0.3) is 0 Å². The van der Waals surface area contributed by atoms with Crippen molar-refractivity contribution in [3.63, 3.8) is 0 Å². The highest BCUT2D eigenvalue weighted by Gasteiger charge is 2.33. The fraction of sp³-hybridized carbons (Fsp3) is 0.583. The second-order valence-electron chi connectivity index (χ2n) is 4.38. The summed E-state index contributed by atoms with van der Waals surface area (Å²) in [5, 5.41) is 0.238. The summed E-state index contributed by atoms with van der Waals surface area (Å²) in [5.41, 5.74) is 0.596. The summed E-state index contributed by atoms with van der Waals surface area (Å²) < 4.78 is 5.07. The quantitative estimate of drug-likeness (QED) is 0.662. The maximum atomic E-state index is 11.5. The molecule has 0 unspecified atom stereocenters. The van der Waals surface area contributed by atoms with Gasteiger partial charge in [0.25, 0.3) is 5.56 Å². The van der Waals surface area contributed by atoms with Gasteiger partial charge in [-0.2, -0.15) is 0 Å². The first-order valence-electron chi connectivity index (χ1n) is 6.06. The molecule has 1 saturated heterocycles. The maximum Gasteiger partial charge on any atom is 0.319 e. The first-order chi connectivity index (χ1) is 8.58. The van der Waals surface area contributed by atoms with E-state index >= 15 is 0 Å².